The fourth-order valence-electron chi connectivity index (χ4n) is 2.47. The third-order valence-electron chi connectivity index (χ3n) is 3.58. The number of benzene rings is 2. The van der Waals surface area contributed by atoms with E-state index in [-0.39, 0.29) is 0 Å². The second-order valence-electron chi connectivity index (χ2n) is 5.55. The van der Waals surface area contributed by atoms with Crippen LogP contribution in [0.5, 0.6) is 0 Å². The second kappa shape index (κ2) is 5.98. The molecule has 22 heavy (non-hydrogen) atoms. The predicted octanol–water partition coefficient (Wildman–Crippen LogP) is 3.85. The lowest BCUT2D eigenvalue weighted by molar-refractivity contribution is -0.623. The standard InChI is InChI=1S/C19H19N3/c1-14-9-11-18(12-10-14)20-19(17-7-5-4-6-8-17)22-16(3)13-15(2)21-22/h4-13H,1-3H3/p+1. The number of aromatic nitrogens is 2. The number of hydrogen-bond donors (Lipinski definition) is 1. The molecule has 1 heterocycles. The fourth-order valence-corrected chi connectivity index (χ4v) is 2.47. The summed E-state index contributed by atoms with van der Waals surface area (Å²) in [6.45, 7) is 6.22. The maximum absolute atomic E-state index is 4.86. The van der Waals surface area contributed by atoms with E-state index in [2.05, 4.69) is 56.2 Å². The SMILES string of the molecule is Cc1ccc(N=C(c2ccccc2)[n+]2[nH]c(C)cc2C)cc1. The van der Waals surface area contributed by atoms with E-state index in [1.54, 1.807) is 0 Å². The number of aromatic amines is 1. The van der Waals surface area contributed by atoms with Gasteiger partial charge < -0.3 is 0 Å². The maximum atomic E-state index is 4.86. The molecule has 0 saturated carbocycles. The monoisotopic (exact) mass is 290 g/mol. The third kappa shape index (κ3) is 2.98. The van der Waals surface area contributed by atoms with Crippen molar-refractivity contribution in [2.75, 3.05) is 0 Å². The molecule has 0 amide bonds. The van der Waals surface area contributed by atoms with Crippen molar-refractivity contribution in [1.29, 1.82) is 0 Å². The minimum Gasteiger partial charge on any atom is -0.228 e. The quantitative estimate of drug-likeness (QED) is 0.422. The summed E-state index contributed by atoms with van der Waals surface area (Å²) in [5, 5.41) is 3.36. The van der Waals surface area contributed by atoms with Gasteiger partial charge in [-0.15, -0.1) is 4.68 Å². The van der Waals surface area contributed by atoms with E-state index in [1.807, 2.05) is 35.0 Å². The van der Waals surface area contributed by atoms with Crippen molar-refractivity contribution in [2.24, 2.45) is 4.99 Å². The molecule has 3 rings (SSSR count). The molecule has 3 heteroatoms. The number of nitrogens with zero attached hydrogens (tertiary/aromatic N) is 2. The van der Waals surface area contributed by atoms with Crippen LogP contribution in [0.1, 0.15) is 22.5 Å². The molecule has 0 saturated heterocycles. The summed E-state index contributed by atoms with van der Waals surface area (Å²) in [4.78, 5) is 4.86. The van der Waals surface area contributed by atoms with Gasteiger partial charge in [0.1, 0.15) is 5.69 Å². The smallest absolute Gasteiger partial charge is 0.228 e. The molecule has 110 valence electrons. The molecular formula is C19H20N3+. The van der Waals surface area contributed by atoms with Crippen LogP contribution in [-0.2, 0) is 0 Å². The molecule has 0 unspecified atom stereocenters. The molecule has 1 aromatic heterocycles. The molecule has 0 fully saturated rings. The van der Waals surface area contributed by atoms with E-state index in [9.17, 15) is 0 Å². The summed E-state index contributed by atoms with van der Waals surface area (Å²) in [5.74, 6) is 0.898. The first-order chi connectivity index (χ1) is 10.6. The zero-order chi connectivity index (χ0) is 15.5. The Bertz CT molecular complexity index is 796. The lowest BCUT2D eigenvalue weighted by atomic mass is 10.2. The average molecular weight is 290 g/mol. The Kier molecular flexibility index (Phi) is 3.88. The van der Waals surface area contributed by atoms with Gasteiger partial charge in [-0.05, 0) is 43.1 Å². The van der Waals surface area contributed by atoms with Gasteiger partial charge in [0.2, 0.25) is 0 Å². The predicted molar refractivity (Wildman–Crippen MR) is 89.7 cm³/mol. The van der Waals surface area contributed by atoms with Gasteiger partial charge in [0, 0.05) is 13.0 Å². The van der Waals surface area contributed by atoms with Crippen LogP contribution >= 0.6 is 0 Å². The van der Waals surface area contributed by atoms with Crippen LogP contribution in [0.15, 0.2) is 65.7 Å². The Balaban J connectivity index is 2.15. The normalized spacial score (nSPS) is 11.7. The highest BCUT2D eigenvalue weighted by Gasteiger charge is 2.20. The lowest BCUT2D eigenvalue weighted by Gasteiger charge is -2.00. The zero-order valence-corrected chi connectivity index (χ0v) is 13.2. The van der Waals surface area contributed by atoms with Crippen LogP contribution in [0.25, 0.3) is 0 Å². The zero-order valence-electron chi connectivity index (χ0n) is 13.2. The van der Waals surface area contributed by atoms with Crippen molar-refractivity contribution in [2.45, 2.75) is 20.8 Å². The van der Waals surface area contributed by atoms with Crippen LogP contribution < -0.4 is 4.68 Å². The van der Waals surface area contributed by atoms with E-state index >= 15 is 0 Å². The van der Waals surface area contributed by atoms with Crippen molar-refractivity contribution >= 4 is 11.5 Å². The highest BCUT2D eigenvalue weighted by molar-refractivity contribution is 5.93. The van der Waals surface area contributed by atoms with E-state index in [0.29, 0.717) is 0 Å². The van der Waals surface area contributed by atoms with E-state index in [4.69, 9.17) is 4.99 Å². The summed E-state index contributed by atoms with van der Waals surface area (Å²) < 4.78 is 2.03. The molecule has 0 aliphatic heterocycles. The Labute approximate surface area is 131 Å². The number of hydrogen-bond acceptors (Lipinski definition) is 1. The van der Waals surface area contributed by atoms with E-state index < -0.39 is 0 Å². The summed E-state index contributed by atoms with van der Waals surface area (Å²) in [6.07, 6.45) is 0. The van der Waals surface area contributed by atoms with Crippen LogP contribution in [-0.4, -0.2) is 10.9 Å². The fraction of sp³-hybridized carbons (Fsp3) is 0.158. The molecule has 0 atom stereocenters. The van der Waals surface area contributed by atoms with Crippen LogP contribution in [0.2, 0.25) is 0 Å². The molecule has 0 aliphatic carbocycles. The van der Waals surface area contributed by atoms with Crippen molar-refractivity contribution < 1.29 is 4.68 Å². The first kappa shape index (κ1) is 14.3. The van der Waals surface area contributed by atoms with Crippen molar-refractivity contribution in [1.82, 2.24) is 5.10 Å². The maximum Gasteiger partial charge on any atom is 0.354 e. The van der Waals surface area contributed by atoms with E-state index in [1.165, 1.54) is 5.56 Å². The molecule has 0 bridgehead atoms. The Hall–Kier alpha value is -2.68. The summed E-state index contributed by atoms with van der Waals surface area (Å²) in [5.41, 5.74) is 5.51. The highest BCUT2D eigenvalue weighted by atomic mass is 15.3. The molecule has 3 aromatic rings. The molecule has 1 N–H and O–H groups in total. The van der Waals surface area contributed by atoms with Gasteiger partial charge in [-0.3, -0.25) is 0 Å². The summed E-state index contributed by atoms with van der Waals surface area (Å²) >= 11 is 0. The van der Waals surface area contributed by atoms with Gasteiger partial charge in [-0.1, -0.05) is 35.9 Å². The topological polar surface area (TPSA) is 32.0 Å². The highest BCUT2D eigenvalue weighted by Crippen LogP contribution is 2.14. The molecule has 0 radical (unpaired) electrons. The van der Waals surface area contributed by atoms with Crippen LogP contribution in [0.4, 0.5) is 5.69 Å². The second-order valence-corrected chi connectivity index (χ2v) is 5.55. The first-order valence-electron chi connectivity index (χ1n) is 7.43. The van der Waals surface area contributed by atoms with Gasteiger partial charge in [0.25, 0.3) is 0 Å². The van der Waals surface area contributed by atoms with Gasteiger partial charge in [-0.25, -0.2) is 5.10 Å². The Morgan fingerprint density at radius 3 is 2.18 bits per heavy atom. The number of nitrogens with one attached hydrogen (secondary N) is 1. The van der Waals surface area contributed by atoms with Crippen molar-refractivity contribution in [3.05, 3.63) is 83.2 Å². The van der Waals surface area contributed by atoms with Gasteiger partial charge in [0.15, 0.2) is 5.69 Å². The molecule has 0 spiro atoms. The summed E-state index contributed by atoms with van der Waals surface area (Å²) in [7, 11) is 0. The third-order valence-corrected chi connectivity index (χ3v) is 3.58. The molecule has 3 nitrogen and oxygen atoms in total. The van der Waals surface area contributed by atoms with Gasteiger partial charge >= 0.3 is 5.84 Å². The number of H-pyrrole nitrogens is 1. The Morgan fingerprint density at radius 1 is 0.909 bits per heavy atom. The first-order valence-corrected chi connectivity index (χ1v) is 7.43. The van der Waals surface area contributed by atoms with Gasteiger partial charge in [-0.2, -0.15) is 0 Å². The van der Waals surface area contributed by atoms with Crippen molar-refractivity contribution in [3.63, 3.8) is 0 Å². The molecular weight excluding hydrogens is 270 g/mol. The molecule has 0 aliphatic rings. The minimum atomic E-state index is 0.898. The average Bonchev–Trinajstić information content (AvgIpc) is 2.86. The van der Waals surface area contributed by atoms with E-state index in [0.717, 1.165) is 28.5 Å². The molecule has 2 aromatic carbocycles. The number of rotatable bonds is 2. The minimum absolute atomic E-state index is 0.898. The van der Waals surface area contributed by atoms with Crippen LogP contribution in [0, 0.1) is 20.8 Å². The number of aliphatic imine (C=N–C) groups is 1. The van der Waals surface area contributed by atoms with Gasteiger partial charge in [0.05, 0.1) is 11.3 Å². The lowest BCUT2D eigenvalue weighted by Crippen LogP contribution is -2.47. The van der Waals surface area contributed by atoms with Crippen LogP contribution in [0.3, 0.4) is 0 Å². The Morgan fingerprint density at radius 2 is 1.59 bits per heavy atom. The largest absolute Gasteiger partial charge is 0.354 e. The number of aryl methyl sites for hydroxylation is 3. The summed E-state index contributed by atoms with van der Waals surface area (Å²) in [6, 6.07) is 20.6. The van der Waals surface area contributed by atoms with Crippen molar-refractivity contribution in [3.8, 4) is 0 Å².